The average Bonchev–Trinajstić information content (AvgIpc) is 3.32. The summed E-state index contributed by atoms with van der Waals surface area (Å²) < 4.78 is 13.6. The van der Waals surface area contributed by atoms with Gasteiger partial charge in [-0.05, 0) is 79.4 Å². The molecular formula is C29H33ClFN5O2. The third-order valence-electron chi connectivity index (χ3n) is 6.60. The number of unbranched alkanes of at least 4 members (excludes halogenated alkanes) is 1. The number of nitrogens with one attached hydrogen (secondary N) is 2. The fourth-order valence-electron chi connectivity index (χ4n) is 4.71. The molecule has 0 saturated carbocycles. The Bertz CT molecular complexity index is 1270. The van der Waals surface area contributed by atoms with Crippen LogP contribution in [0.25, 0.3) is 11.1 Å². The molecule has 0 aromatic heterocycles. The Morgan fingerprint density at radius 1 is 1.08 bits per heavy atom. The van der Waals surface area contributed by atoms with Gasteiger partial charge in [0.15, 0.2) is 0 Å². The Labute approximate surface area is 227 Å². The average molecular weight is 538 g/mol. The molecule has 1 heterocycles. The summed E-state index contributed by atoms with van der Waals surface area (Å²) in [6.45, 7) is 4.74. The smallest absolute Gasteiger partial charge is 0.326 e. The van der Waals surface area contributed by atoms with Crippen molar-refractivity contribution >= 4 is 40.6 Å². The van der Waals surface area contributed by atoms with Crippen molar-refractivity contribution in [3.05, 3.63) is 77.6 Å². The van der Waals surface area contributed by atoms with E-state index in [1.54, 1.807) is 11.8 Å². The maximum atomic E-state index is 13.6. The zero-order valence-corrected chi connectivity index (χ0v) is 22.2. The minimum atomic E-state index is -0.540. The van der Waals surface area contributed by atoms with E-state index in [0.717, 1.165) is 55.7 Å². The van der Waals surface area contributed by atoms with E-state index in [-0.39, 0.29) is 23.0 Å². The molecule has 3 aromatic rings. The predicted molar refractivity (Wildman–Crippen MR) is 152 cm³/mol. The second-order valence-corrected chi connectivity index (χ2v) is 9.98. The Morgan fingerprint density at radius 3 is 2.58 bits per heavy atom. The molecule has 1 fully saturated rings. The summed E-state index contributed by atoms with van der Waals surface area (Å²) in [5.74, 6) is -0.538. The van der Waals surface area contributed by atoms with Crippen LogP contribution in [0.2, 0.25) is 5.02 Å². The number of urea groups is 1. The van der Waals surface area contributed by atoms with E-state index in [4.69, 9.17) is 17.3 Å². The van der Waals surface area contributed by atoms with Crippen molar-refractivity contribution in [3.8, 4) is 11.1 Å². The van der Waals surface area contributed by atoms with E-state index in [0.29, 0.717) is 17.9 Å². The summed E-state index contributed by atoms with van der Waals surface area (Å²) in [7, 11) is 0. The van der Waals surface area contributed by atoms with Crippen LogP contribution in [0.15, 0.2) is 66.7 Å². The predicted octanol–water partition coefficient (Wildman–Crippen LogP) is 5.76. The van der Waals surface area contributed by atoms with Crippen LogP contribution in [0.3, 0.4) is 0 Å². The first-order valence-corrected chi connectivity index (χ1v) is 13.2. The van der Waals surface area contributed by atoms with Crippen molar-refractivity contribution in [1.29, 1.82) is 0 Å². The van der Waals surface area contributed by atoms with E-state index in [1.165, 1.54) is 18.2 Å². The first-order chi connectivity index (χ1) is 18.3. The lowest BCUT2D eigenvalue weighted by atomic mass is 10.0. The molecule has 0 unspecified atom stereocenters. The van der Waals surface area contributed by atoms with Crippen LogP contribution in [0.5, 0.6) is 0 Å². The van der Waals surface area contributed by atoms with Crippen LogP contribution in [0, 0.1) is 5.82 Å². The molecule has 1 aliphatic rings. The minimum absolute atomic E-state index is 0.00250. The number of hydrogen-bond donors (Lipinski definition) is 3. The van der Waals surface area contributed by atoms with Crippen LogP contribution in [-0.4, -0.2) is 49.1 Å². The summed E-state index contributed by atoms with van der Waals surface area (Å²) in [6, 6.07) is 19.4. The number of nitrogen functional groups attached to an aromatic ring is 1. The molecule has 9 heteroatoms. The SMILES string of the molecule is CC(=O)N[C@@H]1CCN(CCCCN(C(=O)Nc2ccc(F)c(Cl)c2)c2ccc(-c3cccc(N)c3)cc2)C1. The number of halogens is 2. The molecule has 3 amide bonds. The molecule has 0 bridgehead atoms. The van der Waals surface area contributed by atoms with Crippen molar-refractivity contribution in [1.82, 2.24) is 10.2 Å². The molecule has 0 aliphatic carbocycles. The number of likely N-dealkylation sites (tertiary alicyclic amines) is 1. The van der Waals surface area contributed by atoms with Gasteiger partial charge in [0.25, 0.3) is 0 Å². The Balaban J connectivity index is 1.42. The molecule has 1 atom stereocenters. The van der Waals surface area contributed by atoms with E-state index >= 15 is 0 Å². The summed E-state index contributed by atoms with van der Waals surface area (Å²) >= 11 is 5.91. The highest BCUT2D eigenvalue weighted by molar-refractivity contribution is 6.31. The Kier molecular flexibility index (Phi) is 9.20. The number of carbonyl (C=O) groups is 2. The van der Waals surface area contributed by atoms with Crippen LogP contribution in [-0.2, 0) is 4.79 Å². The highest BCUT2D eigenvalue weighted by Gasteiger charge is 2.23. The summed E-state index contributed by atoms with van der Waals surface area (Å²) in [5.41, 5.74) is 9.78. The van der Waals surface area contributed by atoms with E-state index in [2.05, 4.69) is 15.5 Å². The first-order valence-electron chi connectivity index (χ1n) is 12.8. The third kappa shape index (κ3) is 7.46. The molecule has 38 heavy (non-hydrogen) atoms. The Hall–Kier alpha value is -3.62. The standard InChI is InChI=1S/C29H33ClFN5O2/c1-20(37)33-25-13-16-35(19-25)14-2-3-15-36(29(38)34-24-9-12-28(31)27(30)18-24)26-10-7-21(8-11-26)22-5-4-6-23(32)17-22/h4-12,17-18,25H,2-3,13-16,19,32H2,1H3,(H,33,37)(H,34,38)/t25-/m1/s1. The first kappa shape index (κ1) is 27.4. The van der Waals surface area contributed by atoms with Gasteiger partial charge in [0.05, 0.1) is 5.02 Å². The van der Waals surface area contributed by atoms with Gasteiger partial charge in [0.1, 0.15) is 5.82 Å². The molecule has 0 spiro atoms. The minimum Gasteiger partial charge on any atom is -0.399 e. The number of anilines is 3. The largest absolute Gasteiger partial charge is 0.399 e. The number of amides is 3. The highest BCUT2D eigenvalue weighted by Crippen LogP contribution is 2.26. The molecule has 1 saturated heterocycles. The van der Waals surface area contributed by atoms with Crippen molar-refractivity contribution in [2.45, 2.75) is 32.2 Å². The number of nitrogens with zero attached hydrogens (tertiary/aromatic N) is 2. The van der Waals surface area contributed by atoms with Gasteiger partial charge in [-0.2, -0.15) is 0 Å². The second kappa shape index (κ2) is 12.8. The number of nitrogens with two attached hydrogens (primary N) is 1. The lowest BCUT2D eigenvalue weighted by Crippen LogP contribution is -2.37. The maximum absolute atomic E-state index is 13.6. The lowest BCUT2D eigenvalue weighted by molar-refractivity contribution is -0.119. The second-order valence-electron chi connectivity index (χ2n) is 9.58. The van der Waals surface area contributed by atoms with Gasteiger partial charge in [-0.25, -0.2) is 9.18 Å². The topological polar surface area (TPSA) is 90.7 Å². The number of rotatable bonds is 9. The molecule has 3 aromatic carbocycles. The molecule has 200 valence electrons. The number of carbonyl (C=O) groups excluding carboxylic acids is 2. The van der Waals surface area contributed by atoms with Gasteiger partial charge >= 0.3 is 6.03 Å². The van der Waals surface area contributed by atoms with E-state index in [1.807, 2.05) is 48.5 Å². The normalized spacial score (nSPS) is 15.3. The Morgan fingerprint density at radius 2 is 1.87 bits per heavy atom. The van der Waals surface area contributed by atoms with Crippen molar-refractivity contribution in [3.63, 3.8) is 0 Å². The van der Waals surface area contributed by atoms with Gasteiger partial charge in [-0.1, -0.05) is 35.9 Å². The molecule has 4 N–H and O–H groups in total. The van der Waals surface area contributed by atoms with Crippen molar-refractivity contribution < 1.29 is 14.0 Å². The molecule has 1 aliphatic heterocycles. The lowest BCUT2D eigenvalue weighted by Gasteiger charge is -2.24. The van der Waals surface area contributed by atoms with Gasteiger partial charge in [-0.15, -0.1) is 0 Å². The van der Waals surface area contributed by atoms with Gasteiger partial charge in [0.2, 0.25) is 5.91 Å². The van der Waals surface area contributed by atoms with Gasteiger partial charge < -0.3 is 21.3 Å². The van der Waals surface area contributed by atoms with E-state index < -0.39 is 5.82 Å². The highest BCUT2D eigenvalue weighted by atomic mass is 35.5. The number of hydrogen-bond acceptors (Lipinski definition) is 4. The summed E-state index contributed by atoms with van der Waals surface area (Å²) in [4.78, 5) is 28.7. The van der Waals surface area contributed by atoms with Crippen LogP contribution in [0.4, 0.5) is 26.2 Å². The quantitative estimate of drug-likeness (QED) is 0.239. The van der Waals surface area contributed by atoms with Crippen molar-refractivity contribution in [2.75, 3.05) is 42.1 Å². The van der Waals surface area contributed by atoms with E-state index in [9.17, 15) is 14.0 Å². The summed E-state index contributed by atoms with van der Waals surface area (Å²) in [5, 5.41) is 5.77. The molecule has 4 rings (SSSR count). The molecule has 7 nitrogen and oxygen atoms in total. The fraction of sp³-hybridized carbons (Fsp3) is 0.310. The van der Waals surface area contributed by atoms with Crippen LogP contribution >= 0.6 is 11.6 Å². The van der Waals surface area contributed by atoms with Gasteiger partial charge in [-0.3, -0.25) is 9.69 Å². The summed E-state index contributed by atoms with van der Waals surface area (Å²) in [6.07, 6.45) is 2.64. The fourth-order valence-corrected chi connectivity index (χ4v) is 4.89. The molecular weight excluding hydrogens is 505 g/mol. The number of benzene rings is 3. The maximum Gasteiger partial charge on any atom is 0.326 e. The van der Waals surface area contributed by atoms with Crippen molar-refractivity contribution in [2.24, 2.45) is 0 Å². The van der Waals surface area contributed by atoms with Gasteiger partial charge in [0, 0.05) is 49.7 Å². The van der Waals surface area contributed by atoms with Crippen LogP contribution < -0.4 is 21.3 Å². The van der Waals surface area contributed by atoms with Crippen LogP contribution in [0.1, 0.15) is 26.2 Å². The zero-order chi connectivity index (χ0) is 27.1. The zero-order valence-electron chi connectivity index (χ0n) is 21.4. The molecule has 0 radical (unpaired) electrons. The third-order valence-corrected chi connectivity index (χ3v) is 6.89. The monoisotopic (exact) mass is 537 g/mol.